The Kier molecular flexibility index (Phi) is 7.89. The Morgan fingerprint density at radius 3 is 2.63 bits per heavy atom. The normalized spacial score (nSPS) is 12.1. The van der Waals surface area contributed by atoms with Crippen molar-refractivity contribution in [1.29, 1.82) is 0 Å². The number of para-hydroxylation sites is 2. The van der Waals surface area contributed by atoms with E-state index in [1.165, 1.54) is 5.56 Å². The topological polar surface area (TPSA) is 56.2 Å². The first-order valence-corrected chi connectivity index (χ1v) is 11.1. The van der Waals surface area contributed by atoms with Crippen LogP contribution in [0.25, 0.3) is 11.0 Å². The van der Waals surface area contributed by atoms with Gasteiger partial charge < -0.3 is 14.6 Å². The monoisotopic (exact) mass is 407 g/mol. The van der Waals surface area contributed by atoms with E-state index in [2.05, 4.69) is 54.1 Å². The molecule has 0 saturated heterocycles. The molecule has 1 heterocycles. The van der Waals surface area contributed by atoms with E-state index >= 15 is 0 Å². The summed E-state index contributed by atoms with van der Waals surface area (Å²) >= 11 is 0. The van der Waals surface area contributed by atoms with Crippen LogP contribution < -0.4 is 10.1 Å². The third-order valence-corrected chi connectivity index (χ3v) is 5.58. The van der Waals surface area contributed by atoms with E-state index in [-0.39, 0.29) is 5.91 Å². The van der Waals surface area contributed by atoms with Gasteiger partial charge in [0.2, 0.25) is 5.91 Å². The Labute approximate surface area is 179 Å². The summed E-state index contributed by atoms with van der Waals surface area (Å²) in [6.45, 7) is 8.42. The molecule has 1 amide bonds. The van der Waals surface area contributed by atoms with Gasteiger partial charge in [-0.2, -0.15) is 0 Å². The fraction of sp³-hybridized carbons (Fsp3) is 0.440. The summed E-state index contributed by atoms with van der Waals surface area (Å²) in [5, 5.41) is 2.94. The van der Waals surface area contributed by atoms with Crippen molar-refractivity contribution < 1.29 is 9.53 Å². The first-order chi connectivity index (χ1) is 14.6. The molecule has 0 spiro atoms. The molecule has 2 aromatic carbocycles. The van der Waals surface area contributed by atoms with Crippen LogP contribution in [0.2, 0.25) is 0 Å². The summed E-state index contributed by atoms with van der Waals surface area (Å²) in [5.74, 6) is 2.57. The van der Waals surface area contributed by atoms with Gasteiger partial charge >= 0.3 is 0 Å². The first kappa shape index (κ1) is 21.9. The smallest absolute Gasteiger partial charge is 0.219 e. The number of rotatable bonds is 11. The van der Waals surface area contributed by atoms with Crippen molar-refractivity contribution in [2.45, 2.75) is 58.9 Å². The molecule has 1 N–H and O–H groups in total. The number of aryl methyl sites for hydroxylation is 1. The zero-order chi connectivity index (χ0) is 21.3. The Morgan fingerprint density at radius 2 is 1.90 bits per heavy atom. The van der Waals surface area contributed by atoms with Crippen molar-refractivity contribution in [1.82, 2.24) is 14.9 Å². The van der Waals surface area contributed by atoms with E-state index in [4.69, 9.17) is 9.72 Å². The minimum atomic E-state index is 0.0745. The molecule has 0 fully saturated rings. The zero-order valence-electron chi connectivity index (χ0n) is 18.4. The predicted octanol–water partition coefficient (Wildman–Crippen LogP) is 5.09. The number of nitrogens with zero attached hydrogens (tertiary/aromatic N) is 2. The van der Waals surface area contributed by atoms with E-state index in [1.807, 2.05) is 25.1 Å². The molecule has 0 saturated carbocycles. The molecule has 3 aromatic rings. The van der Waals surface area contributed by atoms with Crippen molar-refractivity contribution in [3.05, 3.63) is 59.9 Å². The largest absolute Gasteiger partial charge is 0.494 e. The van der Waals surface area contributed by atoms with Crippen LogP contribution in [0.1, 0.15) is 57.3 Å². The van der Waals surface area contributed by atoms with Gasteiger partial charge in [0.15, 0.2) is 0 Å². The average molecular weight is 408 g/mol. The van der Waals surface area contributed by atoms with Crippen LogP contribution in [-0.4, -0.2) is 28.6 Å². The lowest BCUT2D eigenvalue weighted by molar-refractivity contribution is -0.120. The predicted molar refractivity (Wildman–Crippen MR) is 122 cm³/mol. The molecule has 0 radical (unpaired) electrons. The van der Waals surface area contributed by atoms with Crippen LogP contribution in [0.15, 0.2) is 48.5 Å². The number of hydrogen-bond donors (Lipinski definition) is 1. The van der Waals surface area contributed by atoms with E-state index < -0.39 is 0 Å². The maximum atomic E-state index is 11.5. The van der Waals surface area contributed by atoms with Gasteiger partial charge in [-0.05, 0) is 48.6 Å². The third-order valence-electron chi connectivity index (χ3n) is 5.58. The summed E-state index contributed by atoms with van der Waals surface area (Å²) in [6.07, 6.45) is 3.26. The van der Waals surface area contributed by atoms with Crippen LogP contribution in [0.3, 0.4) is 0 Å². The summed E-state index contributed by atoms with van der Waals surface area (Å²) < 4.78 is 8.21. The van der Waals surface area contributed by atoms with Crippen molar-refractivity contribution >= 4 is 16.9 Å². The van der Waals surface area contributed by atoms with E-state index in [1.54, 1.807) is 0 Å². The van der Waals surface area contributed by atoms with E-state index in [0.717, 1.165) is 48.4 Å². The number of imidazole rings is 1. The number of fused-ring (bicyclic) bond motifs is 1. The average Bonchev–Trinajstić information content (AvgIpc) is 3.13. The van der Waals surface area contributed by atoms with Crippen LogP contribution in [0, 0.1) is 0 Å². The summed E-state index contributed by atoms with van der Waals surface area (Å²) in [7, 11) is 0. The number of amides is 1. The van der Waals surface area contributed by atoms with Gasteiger partial charge in [0, 0.05) is 25.9 Å². The second-order valence-electron chi connectivity index (χ2n) is 7.70. The van der Waals surface area contributed by atoms with Gasteiger partial charge in [-0.1, -0.05) is 45.0 Å². The second kappa shape index (κ2) is 10.8. The number of nitrogens with one attached hydrogen (secondary N) is 1. The van der Waals surface area contributed by atoms with Gasteiger partial charge in [-0.15, -0.1) is 0 Å². The standard InChI is InChI=1S/C25H33N3O2/c1-4-19(3)20-11-13-21(14-12-20)30-18-8-17-28-23-10-7-6-9-22(23)27-24(28)15-16-26-25(29)5-2/h6-7,9-14,19H,4-5,8,15-18H2,1-3H3,(H,26,29). The van der Waals surface area contributed by atoms with Crippen LogP contribution >= 0.6 is 0 Å². The minimum absolute atomic E-state index is 0.0745. The zero-order valence-corrected chi connectivity index (χ0v) is 18.4. The Balaban J connectivity index is 1.58. The van der Waals surface area contributed by atoms with Gasteiger partial charge in [-0.3, -0.25) is 4.79 Å². The highest BCUT2D eigenvalue weighted by Gasteiger charge is 2.11. The molecule has 0 aliphatic rings. The van der Waals surface area contributed by atoms with E-state index in [0.29, 0.717) is 25.5 Å². The Bertz CT molecular complexity index is 947. The summed E-state index contributed by atoms with van der Waals surface area (Å²) in [5.41, 5.74) is 3.48. The van der Waals surface area contributed by atoms with Crippen molar-refractivity contribution in [2.75, 3.05) is 13.2 Å². The molecule has 1 unspecified atom stereocenters. The second-order valence-corrected chi connectivity index (χ2v) is 7.70. The fourth-order valence-electron chi connectivity index (χ4n) is 3.55. The number of benzene rings is 2. The number of aromatic nitrogens is 2. The molecule has 5 heteroatoms. The SMILES string of the molecule is CCC(=O)NCCc1nc2ccccc2n1CCCOc1ccc(C(C)CC)cc1. The van der Waals surface area contributed by atoms with E-state index in [9.17, 15) is 4.79 Å². The van der Waals surface area contributed by atoms with Crippen LogP contribution in [0.4, 0.5) is 0 Å². The maximum Gasteiger partial charge on any atom is 0.219 e. The number of carbonyl (C=O) groups is 1. The van der Waals surface area contributed by atoms with Crippen molar-refractivity contribution in [3.63, 3.8) is 0 Å². The molecule has 30 heavy (non-hydrogen) atoms. The lowest BCUT2D eigenvalue weighted by atomic mass is 9.99. The Hall–Kier alpha value is -2.82. The molecule has 3 rings (SSSR count). The van der Waals surface area contributed by atoms with Crippen LogP contribution in [0.5, 0.6) is 5.75 Å². The van der Waals surface area contributed by atoms with Crippen LogP contribution in [-0.2, 0) is 17.8 Å². The van der Waals surface area contributed by atoms with Gasteiger partial charge in [0.05, 0.1) is 17.6 Å². The maximum absolute atomic E-state index is 11.5. The molecule has 0 bridgehead atoms. The highest BCUT2D eigenvalue weighted by Crippen LogP contribution is 2.22. The number of ether oxygens (including phenoxy) is 1. The summed E-state index contributed by atoms with van der Waals surface area (Å²) in [4.78, 5) is 16.3. The number of hydrogen-bond acceptors (Lipinski definition) is 3. The van der Waals surface area contributed by atoms with Gasteiger partial charge in [0.25, 0.3) is 0 Å². The summed E-state index contributed by atoms with van der Waals surface area (Å²) in [6, 6.07) is 16.6. The first-order valence-electron chi connectivity index (χ1n) is 11.1. The fourth-order valence-corrected chi connectivity index (χ4v) is 3.55. The molecule has 0 aliphatic carbocycles. The van der Waals surface area contributed by atoms with Gasteiger partial charge in [-0.25, -0.2) is 4.98 Å². The molecule has 5 nitrogen and oxygen atoms in total. The Morgan fingerprint density at radius 1 is 1.13 bits per heavy atom. The minimum Gasteiger partial charge on any atom is -0.494 e. The van der Waals surface area contributed by atoms with Crippen molar-refractivity contribution in [2.24, 2.45) is 0 Å². The quantitative estimate of drug-likeness (QED) is 0.451. The third kappa shape index (κ3) is 5.62. The highest BCUT2D eigenvalue weighted by molar-refractivity contribution is 5.76. The molecule has 160 valence electrons. The molecule has 1 aromatic heterocycles. The molecular formula is C25H33N3O2. The molecule has 1 atom stereocenters. The highest BCUT2D eigenvalue weighted by atomic mass is 16.5. The lowest BCUT2D eigenvalue weighted by Gasteiger charge is -2.12. The molecule has 0 aliphatic heterocycles. The lowest BCUT2D eigenvalue weighted by Crippen LogP contribution is -2.25. The number of carbonyl (C=O) groups excluding carboxylic acids is 1. The van der Waals surface area contributed by atoms with Gasteiger partial charge in [0.1, 0.15) is 11.6 Å². The molecular weight excluding hydrogens is 374 g/mol. The van der Waals surface area contributed by atoms with Crippen molar-refractivity contribution in [3.8, 4) is 5.75 Å².